The summed E-state index contributed by atoms with van der Waals surface area (Å²) < 4.78 is 14.9. The van der Waals surface area contributed by atoms with Crippen LogP contribution in [0.3, 0.4) is 0 Å². The van der Waals surface area contributed by atoms with Crippen LogP contribution in [0, 0.1) is 0 Å². The van der Waals surface area contributed by atoms with Crippen molar-refractivity contribution in [2.24, 2.45) is 19.1 Å². The van der Waals surface area contributed by atoms with Gasteiger partial charge in [-0.15, -0.1) is 0 Å². The van der Waals surface area contributed by atoms with Gasteiger partial charge in [-0.1, -0.05) is 18.2 Å². The first-order valence-electron chi connectivity index (χ1n) is 15.5. The second kappa shape index (κ2) is 14.7. The van der Waals surface area contributed by atoms with Crippen LogP contribution in [0.15, 0.2) is 65.9 Å². The summed E-state index contributed by atoms with van der Waals surface area (Å²) in [5, 5.41) is 8.80. The quantitative estimate of drug-likeness (QED) is 0.102. The molecule has 12 heteroatoms. The number of nitrogens with one attached hydrogen (secondary N) is 3. The number of aryl methyl sites for hydroxylation is 2. The van der Waals surface area contributed by atoms with Crippen molar-refractivity contribution >= 4 is 47.1 Å². The number of carbonyl (C=O) groups is 3. The number of carbonyl (C=O) groups excluding carboxylic acids is 3. The first-order valence-corrected chi connectivity index (χ1v) is 15.5. The number of aldehydes is 1. The van der Waals surface area contributed by atoms with Crippen molar-refractivity contribution < 1.29 is 23.9 Å². The molecule has 246 valence electrons. The summed E-state index contributed by atoms with van der Waals surface area (Å²) in [6.45, 7) is 0.824. The van der Waals surface area contributed by atoms with Crippen LogP contribution < -0.4 is 30.3 Å². The molecule has 0 fully saturated rings. The highest BCUT2D eigenvalue weighted by Gasteiger charge is 2.24. The predicted molar refractivity (Wildman–Crippen MR) is 184 cm³/mol. The van der Waals surface area contributed by atoms with Gasteiger partial charge in [-0.05, 0) is 49.1 Å². The van der Waals surface area contributed by atoms with Gasteiger partial charge in [-0.2, -0.15) is 0 Å². The van der Waals surface area contributed by atoms with E-state index in [1.807, 2.05) is 31.6 Å². The summed E-state index contributed by atoms with van der Waals surface area (Å²) in [4.78, 5) is 44.3. The topological polar surface area (TPSA) is 131 Å². The molecule has 3 heterocycles. The number of benzene rings is 2. The lowest BCUT2D eigenvalue weighted by Crippen LogP contribution is -2.28. The van der Waals surface area contributed by atoms with E-state index < -0.39 is 0 Å². The van der Waals surface area contributed by atoms with Gasteiger partial charge >= 0.3 is 0 Å². The number of anilines is 3. The molecule has 2 aromatic carbocycles. The van der Waals surface area contributed by atoms with Crippen LogP contribution in [0.5, 0.6) is 11.5 Å². The van der Waals surface area contributed by atoms with Crippen molar-refractivity contribution in [1.82, 2.24) is 14.5 Å². The van der Waals surface area contributed by atoms with E-state index in [-0.39, 0.29) is 17.9 Å². The standard InChI is InChI=1S/C35H41N7O5/c1-36-25-16-31(40(2)20-25)35(45)39-26-17-30(41(3)21-26)34(44)37-12-8-9-13-47-33-18-28(24(22-43)15-32(33)46-5)38-19-27-14-23-10-6-7-11-29(23)42(27)4/h6-7,10-11,15-22,27,36H,8-9,12-14H2,1-5H3,(H,37,44)(H,39,45). The van der Waals surface area contributed by atoms with Crippen LogP contribution in [0.25, 0.3) is 0 Å². The lowest BCUT2D eigenvalue weighted by molar-refractivity contribution is 0.0943. The summed E-state index contributed by atoms with van der Waals surface area (Å²) in [7, 11) is 8.91. The molecule has 0 spiro atoms. The SMILES string of the molecule is CNc1cc(C(=O)Nc2cc(C(=O)NCCCCOc3cc(N=CC4Cc5ccccc5N4C)c(C=O)cc3OC)n(C)c2)n(C)c1. The third-order valence-corrected chi connectivity index (χ3v) is 8.26. The number of hydrogen-bond acceptors (Lipinski definition) is 8. The van der Waals surface area contributed by atoms with Gasteiger partial charge in [-0.3, -0.25) is 19.4 Å². The van der Waals surface area contributed by atoms with Crippen molar-refractivity contribution in [2.45, 2.75) is 25.3 Å². The fourth-order valence-corrected chi connectivity index (χ4v) is 5.61. The fraction of sp³-hybridized carbons (Fsp3) is 0.314. The molecule has 0 radical (unpaired) electrons. The Morgan fingerprint density at radius 2 is 1.68 bits per heavy atom. The van der Waals surface area contributed by atoms with Crippen LogP contribution in [-0.2, 0) is 20.5 Å². The zero-order valence-electron chi connectivity index (χ0n) is 27.4. The van der Waals surface area contributed by atoms with Crippen LogP contribution in [0.4, 0.5) is 22.7 Å². The van der Waals surface area contributed by atoms with Crippen LogP contribution in [-0.4, -0.2) is 73.8 Å². The van der Waals surface area contributed by atoms with Gasteiger partial charge in [0.25, 0.3) is 11.8 Å². The van der Waals surface area contributed by atoms with E-state index >= 15 is 0 Å². The van der Waals surface area contributed by atoms with E-state index in [9.17, 15) is 14.4 Å². The zero-order valence-corrected chi connectivity index (χ0v) is 27.4. The van der Waals surface area contributed by atoms with Gasteiger partial charge in [0, 0.05) is 70.7 Å². The van der Waals surface area contributed by atoms with E-state index in [4.69, 9.17) is 9.47 Å². The highest BCUT2D eigenvalue weighted by atomic mass is 16.5. The first-order chi connectivity index (χ1) is 22.7. The summed E-state index contributed by atoms with van der Waals surface area (Å²) in [5.41, 5.74) is 5.66. The van der Waals surface area contributed by atoms with Gasteiger partial charge in [0.05, 0.1) is 36.8 Å². The third kappa shape index (κ3) is 7.49. The van der Waals surface area contributed by atoms with Crippen LogP contribution in [0.2, 0.25) is 0 Å². The highest BCUT2D eigenvalue weighted by Crippen LogP contribution is 2.35. The summed E-state index contributed by atoms with van der Waals surface area (Å²) in [5.74, 6) is 0.435. The number of aromatic nitrogens is 2. The molecule has 1 atom stereocenters. The minimum atomic E-state index is -0.268. The van der Waals surface area contributed by atoms with E-state index in [0.717, 1.165) is 18.4 Å². The van der Waals surface area contributed by atoms with E-state index in [1.54, 1.807) is 60.7 Å². The summed E-state index contributed by atoms with van der Waals surface area (Å²) >= 11 is 0. The smallest absolute Gasteiger partial charge is 0.272 e. The van der Waals surface area contributed by atoms with Gasteiger partial charge in [-0.25, -0.2) is 0 Å². The molecule has 0 bridgehead atoms. The van der Waals surface area contributed by atoms with Gasteiger partial charge in [0.1, 0.15) is 11.4 Å². The molecule has 1 unspecified atom stereocenters. The second-order valence-corrected chi connectivity index (χ2v) is 11.4. The number of hydrogen-bond donors (Lipinski definition) is 3. The number of fused-ring (bicyclic) bond motifs is 1. The van der Waals surface area contributed by atoms with Crippen molar-refractivity contribution in [3.8, 4) is 11.5 Å². The average Bonchev–Trinajstić information content (AvgIpc) is 3.74. The number of likely N-dealkylation sites (N-methyl/N-ethyl adjacent to an activating group) is 1. The van der Waals surface area contributed by atoms with Gasteiger partial charge < -0.3 is 39.5 Å². The number of nitrogens with zero attached hydrogens (tertiary/aromatic N) is 4. The summed E-state index contributed by atoms with van der Waals surface area (Å²) in [6, 6.07) is 15.1. The maximum atomic E-state index is 12.9. The monoisotopic (exact) mass is 639 g/mol. The molecule has 4 aromatic rings. The van der Waals surface area contributed by atoms with Crippen molar-refractivity contribution in [3.63, 3.8) is 0 Å². The molecule has 1 aliphatic rings. The van der Waals surface area contributed by atoms with Crippen molar-refractivity contribution in [3.05, 3.63) is 83.4 Å². The number of aliphatic imine (C=N–C) groups is 1. The Morgan fingerprint density at radius 1 is 0.957 bits per heavy atom. The lowest BCUT2D eigenvalue weighted by atomic mass is 10.1. The Bertz CT molecular complexity index is 1790. The largest absolute Gasteiger partial charge is 0.493 e. The Balaban J connectivity index is 1.11. The molecule has 0 aliphatic carbocycles. The van der Waals surface area contributed by atoms with Gasteiger partial charge in [0.15, 0.2) is 17.8 Å². The molecule has 3 N–H and O–H groups in total. The highest BCUT2D eigenvalue weighted by molar-refractivity contribution is 6.04. The van der Waals surface area contributed by atoms with Crippen LogP contribution >= 0.6 is 0 Å². The molecule has 1 aliphatic heterocycles. The van der Waals surface area contributed by atoms with Crippen molar-refractivity contribution in [1.29, 1.82) is 0 Å². The lowest BCUT2D eigenvalue weighted by Gasteiger charge is -2.19. The molecule has 12 nitrogen and oxygen atoms in total. The minimum absolute atomic E-state index is 0.0792. The number of rotatable bonds is 14. The molecular weight excluding hydrogens is 598 g/mol. The van der Waals surface area contributed by atoms with Gasteiger partial charge in [0.2, 0.25) is 0 Å². The van der Waals surface area contributed by atoms with E-state index in [0.29, 0.717) is 65.8 Å². The normalized spacial score (nSPS) is 13.8. The fourth-order valence-electron chi connectivity index (χ4n) is 5.61. The predicted octanol–water partition coefficient (Wildman–Crippen LogP) is 4.83. The van der Waals surface area contributed by atoms with Crippen molar-refractivity contribution in [2.75, 3.05) is 49.9 Å². The van der Waals surface area contributed by atoms with E-state index in [2.05, 4.69) is 38.0 Å². The maximum Gasteiger partial charge on any atom is 0.272 e. The first kappa shape index (κ1) is 32.9. The number of para-hydroxylation sites is 1. The van der Waals surface area contributed by atoms with E-state index in [1.165, 1.54) is 18.4 Å². The third-order valence-electron chi connectivity index (χ3n) is 8.26. The van der Waals surface area contributed by atoms with Crippen LogP contribution in [0.1, 0.15) is 49.7 Å². The molecule has 0 saturated heterocycles. The molecular formula is C35H41N7O5. The second-order valence-electron chi connectivity index (χ2n) is 11.4. The zero-order chi connectivity index (χ0) is 33.5. The number of amides is 2. The molecule has 2 aromatic heterocycles. The Hall–Kier alpha value is -5.52. The average molecular weight is 640 g/mol. The molecule has 2 amide bonds. The Morgan fingerprint density at radius 3 is 2.38 bits per heavy atom. The number of methoxy groups -OCH3 is 1. The number of ether oxygens (including phenoxy) is 2. The summed E-state index contributed by atoms with van der Waals surface area (Å²) in [6.07, 6.45) is 8.35. The number of unbranched alkanes of at least 4 members (excludes halogenated alkanes) is 1. The molecule has 0 saturated carbocycles. The Labute approximate surface area is 274 Å². The maximum absolute atomic E-state index is 12.9. The Kier molecular flexibility index (Phi) is 10.3. The molecule has 47 heavy (non-hydrogen) atoms. The minimum Gasteiger partial charge on any atom is -0.493 e. The molecule has 5 rings (SSSR count).